The first-order valence-electron chi connectivity index (χ1n) is 6.80. The lowest BCUT2D eigenvalue weighted by atomic mass is 9.81. The quantitative estimate of drug-likeness (QED) is 0.857. The maximum atomic E-state index is 13.0. The second-order valence-electron chi connectivity index (χ2n) is 5.44. The Morgan fingerprint density at radius 1 is 1.37 bits per heavy atom. The smallest absolute Gasteiger partial charge is 0.123 e. The lowest BCUT2D eigenvalue weighted by Gasteiger charge is -2.35. The van der Waals surface area contributed by atoms with Crippen molar-refractivity contribution in [3.05, 3.63) is 35.1 Å². The number of hydrogen-bond donors (Lipinski definition) is 2. The minimum atomic E-state index is -0.197. The molecule has 0 bridgehead atoms. The van der Waals surface area contributed by atoms with Gasteiger partial charge >= 0.3 is 0 Å². The fraction of sp³-hybridized carbons (Fsp3) is 0.600. The van der Waals surface area contributed by atoms with Gasteiger partial charge in [-0.15, -0.1) is 0 Å². The summed E-state index contributed by atoms with van der Waals surface area (Å²) in [5.41, 5.74) is 1.99. The molecule has 0 saturated carbocycles. The third-order valence-corrected chi connectivity index (χ3v) is 4.01. The van der Waals surface area contributed by atoms with Crippen molar-refractivity contribution < 1.29 is 14.2 Å². The van der Waals surface area contributed by atoms with Crippen molar-refractivity contribution in [1.82, 2.24) is 5.32 Å². The lowest BCUT2D eigenvalue weighted by Crippen LogP contribution is -2.41. The van der Waals surface area contributed by atoms with Gasteiger partial charge in [0.15, 0.2) is 0 Å². The van der Waals surface area contributed by atoms with Crippen LogP contribution in [-0.4, -0.2) is 31.5 Å². The summed E-state index contributed by atoms with van der Waals surface area (Å²) in [6.07, 6.45) is 1.78. The summed E-state index contributed by atoms with van der Waals surface area (Å²) in [6.45, 7) is 5.01. The fourth-order valence-corrected chi connectivity index (χ4v) is 2.52. The van der Waals surface area contributed by atoms with Crippen LogP contribution in [0.15, 0.2) is 18.2 Å². The monoisotopic (exact) mass is 267 g/mol. The van der Waals surface area contributed by atoms with Gasteiger partial charge in [0.05, 0.1) is 6.61 Å². The standard InChI is InChI=1S/C15H22FNO2/c1-12-8-14(16)3-2-13(12)9-17-10-15(11-18)4-6-19-7-5-15/h2-3,8,17-18H,4-7,9-11H2,1H3. The van der Waals surface area contributed by atoms with Gasteiger partial charge in [0.2, 0.25) is 0 Å². The van der Waals surface area contributed by atoms with Gasteiger partial charge in [-0.1, -0.05) is 6.07 Å². The Morgan fingerprint density at radius 3 is 2.74 bits per heavy atom. The van der Waals surface area contributed by atoms with E-state index in [4.69, 9.17) is 4.74 Å². The predicted octanol–water partition coefficient (Wildman–Crippen LogP) is 2.01. The van der Waals surface area contributed by atoms with Crippen LogP contribution in [0.25, 0.3) is 0 Å². The van der Waals surface area contributed by atoms with E-state index in [1.54, 1.807) is 6.07 Å². The van der Waals surface area contributed by atoms with E-state index in [1.165, 1.54) is 6.07 Å². The summed E-state index contributed by atoms with van der Waals surface area (Å²) in [5.74, 6) is -0.197. The third-order valence-electron chi connectivity index (χ3n) is 4.01. The zero-order valence-corrected chi connectivity index (χ0v) is 11.4. The molecule has 3 nitrogen and oxygen atoms in total. The SMILES string of the molecule is Cc1cc(F)ccc1CNCC1(CO)CCOCC1. The molecular formula is C15H22FNO2. The Morgan fingerprint density at radius 2 is 2.11 bits per heavy atom. The molecule has 1 heterocycles. The highest BCUT2D eigenvalue weighted by molar-refractivity contribution is 5.26. The molecule has 1 aromatic rings. The second kappa shape index (κ2) is 6.46. The van der Waals surface area contributed by atoms with Gasteiger partial charge < -0.3 is 15.2 Å². The van der Waals surface area contributed by atoms with Crippen LogP contribution in [0.4, 0.5) is 4.39 Å². The van der Waals surface area contributed by atoms with Crippen LogP contribution in [0.2, 0.25) is 0 Å². The Hall–Kier alpha value is -0.970. The van der Waals surface area contributed by atoms with Crippen LogP contribution in [0, 0.1) is 18.2 Å². The van der Waals surface area contributed by atoms with Gasteiger partial charge in [0.25, 0.3) is 0 Å². The molecule has 0 unspecified atom stereocenters. The largest absolute Gasteiger partial charge is 0.396 e. The van der Waals surface area contributed by atoms with Crippen LogP contribution < -0.4 is 5.32 Å². The molecule has 1 aromatic carbocycles. The molecule has 0 aromatic heterocycles. The number of aliphatic hydroxyl groups is 1. The zero-order chi connectivity index (χ0) is 13.7. The first-order valence-corrected chi connectivity index (χ1v) is 6.80. The molecule has 2 rings (SSSR count). The lowest BCUT2D eigenvalue weighted by molar-refractivity contribution is -0.0154. The highest BCUT2D eigenvalue weighted by Gasteiger charge is 2.31. The van der Waals surface area contributed by atoms with Crippen molar-refractivity contribution in [3.63, 3.8) is 0 Å². The maximum Gasteiger partial charge on any atom is 0.123 e. The summed E-state index contributed by atoms with van der Waals surface area (Å²) in [4.78, 5) is 0. The predicted molar refractivity (Wildman–Crippen MR) is 72.4 cm³/mol. The van der Waals surface area contributed by atoms with Crippen molar-refractivity contribution in [2.24, 2.45) is 5.41 Å². The first-order chi connectivity index (χ1) is 9.15. The summed E-state index contributed by atoms with van der Waals surface area (Å²) < 4.78 is 18.4. The topological polar surface area (TPSA) is 41.5 Å². The van der Waals surface area contributed by atoms with E-state index in [-0.39, 0.29) is 17.8 Å². The Bertz CT molecular complexity index is 417. The van der Waals surface area contributed by atoms with Gasteiger partial charge in [0, 0.05) is 31.7 Å². The molecule has 0 amide bonds. The number of aliphatic hydroxyl groups excluding tert-OH is 1. The van der Waals surface area contributed by atoms with E-state index in [9.17, 15) is 9.50 Å². The minimum absolute atomic E-state index is 0.0633. The number of rotatable bonds is 5. The van der Waals surface area contributed by atoms with E-state index in [0.717, 1.165) is 43.7 Å². The van der Waals surface area contributed by atoms with Crippen LogP contribution >= 0.6 is 0 Å². The highest BCUT2D eigenvalue weighted by atomic mass is 19.1. The highest BCUT2D eigenvalue weighted by Crippen LogP contribution is 2.29. The third kappa shape index (κ3) is 3.75. The molecule has 19 heavy (non-hydrogen) atoms. The number of aryl methyl sites for hydroxylation is 1. The molecule has 0 atom stereocenters. The van der Waals surface area contributed by atoms with Crippen LogP contribution in [0.5, 0.6) is 0 Å². The van der Waals surface area contributed by atoms with Gasteiger partial charge in [0.1, 0.15) is 5.82 Å². The van der Waals surface area contributed by atoms with E-state index < -0.39 is 0 Å². The molecule has 2 N–H and O–H groups in total. The Balaban J connectivity index is 1.88. The minimum Gasteiger partial charge on any atom is -0.396 e. The summed E-state index contributed by atoms with van der Waals surface area (Å²) in [5, 5.41) is 13.0. The van der Waals surface area contributed by atoms with Crippen molar-refractivity contribution in [2.75, 3.05) is 26.4 Å². The molecule has 0 aliphatic carbocycles. The van der Waals surface area contributed by atoms with Gasteiger partial charge in [-0.3, -0.25) is 0 Å². The van der Waals surface area contributed by atoms with Gasteiger partial charge in [-0.25, -0.2) is 4.39 Å². The Kier molecular flexibility index (Phi) is 4.91. The Labute approximate surface area is 113 Å². The molecular weight excluding hydrogens is 245 g/mol. The number of ether oxygens (including phenoxy) is 1. The van der Waals surface area contributed by atoms with Crippen LogP contribution in [-0.2, 0) is 11.3 Å². The number of halogens is 1. The normalized spacial score (nSPS) is 18.5. The van der Waals surface area contributed by atoms with Crippen LogP contribution in [0.3, 0.4) is 0 Å². The van der Waals surface area contributed by atoms with E-state index >= 15 is 0 Å². The molecule has 0 spiro atoms. The molecule has 106 valence electrons. The molecule has 1 aliphatic heterocycles. The van der Waals surface area contributed by atoms with E-state index in [0.29, 0.717) is 6.54 Å². The molecule has 0 radical (unpaired) electrons. The number of nitrogens with one attached hydrogen (secondary N) is 1. The van der Waals surface area contributed by atoms with E-state index in [1.807, 2.05) is 13.0 Å². The number of benzene rings is 1. The molecule has 1 saturated heterocycles. The summed E-state index contributed by atoms with van der Waals surface area (Å²) in [7, 11) is 0. The second-order valence-corrected chi connectivity index (χ2v) is 5.44. The average Bonchev–Trinajstić information content (AvgIpc) is 2.42. The van der Waals surface area contributed by atoms with Crippen molar-refractivity contribution in [2.45, 2.75) is 26.3 Å². The average molecular weight is 267 g/mol. The fourth-order valence-electron chi connectivity index (χ4n) is 2.52. The van der Waals surface area contributed by atoms with Crippen molar-refractivity contribution >= 4 is 0 Å². The van der Waals surface area contributed by atoms with Gasteiger partial charge in [-0.05, 0) is 43.0 Å². The zero-order valence-electron chi connectivity index (χ0n) is 11.4. The molecule has 1 fully saturated rings. The molecule has 4 heteroatoms. The van der Waals surface area contributed by atoms with E-state index in [2.05, 4.69) is 5.32 Å². The maximum absolute atomic E-state index is 13.0. The number of hydrogen-bond acceptors (Lipinski definition) is 3. The summed E-state index contributed by atoms with van der Waals surface area (Å²) >= 11 is 0. The van der Waals surface area contributed by atoms with Gasteiger partial charge in [-0.2, -0.15) is 0 Å². The summed E-state index contributed by atoms with van der Waals surface area (Å²) in [6, 6.07) is 4.85. The van der Waals surface area contributed by atoms with Crippen LogP contribution in [0.1, 0.15) is 24.0 Å². The first kappa shape index (κ1) is 14.4. The van der Waals surface area contributed by atoms with Crippen molar-refractivity contribution in [1.29, 1.82) is 0 Å². The van der Waals surface area contributed by atoms with Crippen molar-refractivity contribution in [3.8, 4) is 0 Å². The molecule has 1 aliphatic rings.